The lowest BCUT2D eigenvalue weighted by Gasteiger charge is -2.45. The minimum Gasteiger partial charge on any atom is -0.478 e. The van der Waals surface area contributed by atoms with Crippen LogP contribution in [0.1, 0.15) is 23.2 Å². The van der Waals surface area contributed by atoms with E-state index in [9.17, 15) is 9.90 Å². The Kier molecular flexibility index (Phi) is 4.81. The van der Waals surface area contributed by atoms with Crippen molar-refractivity contribution in [2.24, 2.45) is 5.92 Å². The van der Waals surface area contributed by atoms with E-state index in [1.807, 2.05) is 36.4 Å². The van der Waals surface area contributed by atoms with Crippen molar-refractivity contribution < 1.29 is 9.90 Å². The Morgan fingerprint density at radius 2 is 1.90 bits per heavy atom. The molecule has 2 bridgehead atoms. The van der Waals surface area contributed by atoms with Gasteiger partial charge >= 0.3 is 5.97 Å². The van der Waals surface area contributed by atoms with Crippen molar-refractivity contribution in [3.63, 3.8) is 0 Å². The largest absolute Gasteiger partial charge is 0.478 e. The molecule has 3 aromatic rings. The number of imidazole rings is 1. The SMILES string of the molecule is O=C(O)c1cccc2nc(-c3ccccc3)n(CCN[C@H]3CN4CCC3CC4)c12. The second kappa shape index (κ2) is 7.61. The number of carboxylic acid groups (broad SMARTS) is 1. The standard InChI is InChI=1S/C23H26N4O2/c28-23(29)18-7-4-8-19-21(18)27(22(25-19)17-5-2-1-3-6-17)14-11-24-20-15-26-12-9-16(20)10-13-26/h1-8,16,20,24H,9-15H2,(H,28,29)/t20-/m0/s1. The summed E-state index contributed by atoms with van der Waals surface area (Å²) in [5.74, 6) is 0.675. The summed E-state index contributed by atoms with van der Waals surface area (Å²) < 4.78 is 2.07. The summed E-state index contributed by atoms with van der Waals surface area (Å²) in [5, 5.41) is 13.5. The van der Waals surface area contributed by atoms with Gasteiger partial charge in [-0.2, -0.15) is 0 Å². The number of carbonyl (C=O) groups is 1. The van der Waals surface area contributed by atoms with Crippen LogP contribution in [-0.4, -0.2) is 57.7 Å². The molecule has 0 spiro atoms. The Balaban J connectivity index is 1.46. The molecule has 150 valence electrons. The van der Waals surface area contributed by atoms with Crippen molar-refractivity contribution in [1.29, 1.82) is 0 Å². The van der Waals surface area contributed by atoms with Crippen LogP contribution >= 0.6 is 0 Å². The van der Waals surface area contributed by atoms with Gasteiger partial charge in [0.25, 0.3) is 0 Å². The highest BCUT2D eigenvalue weighted by Gasteiger charge is 2.33. The predicted molar refractivity (Wildman–Crippen MR) is 113 cm³/mol. The molecular formula is C23H26N4O2. The number of benzene rings is 2. The first-order valence-electron chi connectivity index (χ1n) is 10.4. The van der Waals surface area contributed by atoms with E-state index in [1.165, 1.54) is 25.9 Å². The lowest BCUT2D eigenvalue weighted by molar-refractivity contribution is 0.0698. The van der Waals surface area contributed by atoms with Crippen molar-refractivity contribution in [1.82, 2.24) is 19.8 Å². The number of nitrogens with zero attached hydrogens (tertiary/aromatic N) is 3. The number of carboxylic acids is 1. The molecule has 3 aliphatic rings. The molecule has 0 aliphatic carbocycles. The third-order valence-electron chi connectivity index (χ3n) is 6.43. The van der Waals surface area contributed by atoms with Crippen LogP contribution in [0.5, 0.6) is 0 Å². The Morgan fingerprint density at radius 3 is 2.59 bits per heavy atom. The molecule has 3 fully saturated rings. The summed E-state index contributed by atoms with van der Waals surface area (Å²) in [7, 11) is 0. The van der Waals surface area contributed by atoms with Gasteiger partial charge < -0.3 is 19.9 Å². The number of hydrogen-bond acceptors (Lipinski definition) is 4. The number of aromatic nitrogens is 2. The molecule has 29 heavy (non-hydrogen) atoms. The molecule has 3 saturated heterocycles. The molecule has 6 heteroatoms. The maximum Gasteiger partial charge on any atom is 0.337 e. The number of fused-ring (bicyclic) bond motifs is 4. The Hall–Kier alpha value is -2.70. The molecule has 2 N–H and O–H groups in total. The van der Waals surface area contributed by atoms with Gasteiger partial charge in [-0.25, -0.2) is 9.78 Å². The van der Waals surface area contributed by atoms with E-state index >= 15 is 0 Å². The molecule has 2 aromatic carbocycles. The molecule has 1 atom stereocenters. The van der Waals surface area contributed by atoms with Crippen LogP contribution in [0.15, 0.2) is 48.5 Å². The van der Waals surface area contributed by atoms with Crippen LogP contribution < -0.4 is 5.32 Å². The van der Waals surface area contributed by atoms with E-state index in [4.69, 9.17) is 4.98 Å². The van der Waals surface area contributed by atoms with Crippen molar-refractivity contribution in [3.8, 4) is 11.4 Å². The summed E-state index contributed by atoms with van der Waals surface area (Å²) in [6.07, 6.45) is 2.56. The van der Waals surface area contributed by atoms with Gasteiger partial charge in [0.05, 0.1) is 16.6 Å². The first-order chi connectivity index (χ1) is 14.2. The van der Waals surface area contributed by atoms with Crippen LogP contribution in [-0.2, 0) is 6.54 Å². The van der Waals surface area contributed by atoms with Gasteiger partial charge in [-0.3, -0.25) is 0 Å². The van der Waals surface area contributed by atoms with E-state index < -0.39 is 5.97 Å². The van der Waals surface area contributed by atoms with Crippen LogP contribution in [0.4, 0.5) is 0 Å². The van der Waals surface area contributed by atoms with Gasteiger partial charge in [0, 0.05) is 31.2 Å². The average Bonchev–Trinajstić information content (AvgIpc) is 3.14. The highest BCUT2D eigenvalue weighted by atomic mass is 16.4. The van der Waals surface area contributed by atoms with Crippen molar-refractivity contribution in [2.75, 3.05) is 26.2 Å². The zero-order chi connectivity index (χ0) is 19.8. The molecule has 6 nitrogen and oxygen atoms in total. The number of hydrogen-bond donors (Lipinski definition) is 2. The zero-order valence-corrected chi connectivity index (χ0v) is 16.4. The summed E-state index contributed by atoms with van der Waals surface area (Å²) in [6, 6.07) is 15.9. The fourth-order valence-corrected chi connectivity index (χ4v) is 4.94. The maximum atomic E-state index is 11.9. The highest BCUT2D eigenvalue weighted by molar-refractivity contribution is 6.02. The smallest absolute Gasteiger partial charge is 0.337 e. The number of para-hydroxylation sites is 1. The Morgan fingerprint density at radius 1 is 1.10 bits per heavy atom. The number of nitrogens with one attached hydrogen (secondary N) is 1. The Labute approximate surface area is 170 Å². The number of aromatic carboxylic acids is 1. The molecular weight excluding hydrogens is 364 g/mol. The minimum absolute atomic E-state index is 0.306. The van der Waals surface area contributed by atoms with E-state index in [-0.39, 0.29) is 0 Å². The summed E-state index contributed by atoms with van der Waals surface area (Å²) >= 11 is 0. The third kappa shape index (κ3) is 3.43. The zero-order valence-electron chi connectivity index (χ0n) is 16.4. The van der Waals surface area contributed by atoms with Crippen molar-refractivity contribution in [2.45, 2.75) is 25.4 Å². The molecule has 3 aliphatic heterocycles. The highest BCUT2D eigenvalue weighted by Crippen LogP contribution is 2.29. The Bertz CT molecular complexity index is 1020. The molecule has 4 heterocycles. The fraction of sp³-hybridized carbons (Fsp3) is 0.391. The van der Waals surface area contributed by atoms with Gasteiger partial charge in [0.2, 0.25) is 0 Å². The van der Waals surface area contributed by atoms with Gasteiger partial charge in [0.1, 0.15) is 5.82 Å². The molecule has 6 rings (SSSR count). The maximum absolute atomic E-state index is 11.9. The fourth-order valence-electron chi connectivity index (χ4n) is 4.94. The van der Waals surface area contributed by atoms with Crippen LogP contribution in [0.3, 0.4) is 0 Å². The van der Waals surface area contributed by atoms with Crippen molar-refractivity contribution in [3.05, 3.63) is 54.1 Å². The van der Waals surface area contributed by atoms with E-state index in [1.54, 1.807) is 12.1 Å². The first kappa shape index (κ1) is 18.3. The molecule has 0 unspecified atom stereocenters. The second-order valence-electron chi connectivity index (χ2n) is 8.13. The third-order valence-corrected chi connectivity index (χ3v) is 6.43. The number of piperidine rings is 3. The molecule has 0 amide bonds. The number of rotatable bonds is 6. The van der Waals surface area contributed by atoms with Gasteiger partial charge in [-0.1, -0.05) is 36.4 Å². The lowest BCUT2D eigenvalue weighted by atomic mass is 9.84. The normalized spacial score (nSPS) is 23.5. The van der Waals surface area contributed by atoms with Gasteiger partial charge in [-0.05, 0) is 44.0 Å². The first-order valence-corrected chi connectivity index (χ1v) is 10.4. The van der Waals surface area contributed by atoms with Gasteiger partial charge in [-0.15, -0.1) is 0 Å². The average molecular weight is 390 g/mol. The topological polar surface area (TPSA) is 70.4 Å². The van der Waals surface area contributed by atoms with Gasteiger partial charge in [0.15, 0.2) is 0 Å². The molecule has 1 aromatic heterocycles. The van der Waals surface area contributed by atoms with Crippen molar-refractivity contribution >= 4 is 17.0 Å². The van der Waals surface area contributed by atoms with Crippen LogP contribution in [0.2, 0.25) is 0 Å². The summed E-state index contributed by atoms with van der Waals surface area (Å²) in [6.45, 7) is 5.08. The van der Waals surface area contributed by atoms with E-state index in [0.717, 1.165) is 35.9 Å². The van der Waals surface area contributed by atoms with E-state index in [2.05, 4.69) is 14.8 Å². The predicted octanol–water partition coefficient (Wildman–Crippen LogP) is 3.09. The molecule has 0 saturated carbocycles. The monoisotopic (exact) mass is 390 g/mol. The summed E-state index contributed by atoms with van der Waals surface area (Å²) in [5.41, 5.74) is 2.74. The van der Waals surface area contributed by atoms with Crippen LogP contribution in [0, 0.1) is 5.92 Å². The quantitative estimate of drug-likeness (QED) is 0.677. The minimum atomic E-state index is -0.915. The van der Waals surface area contributed by atoms with E-state index in [0.29, 0.717) is 23.7 Å². The second-order valence-corrected chi connectivity index (χ2v) is 8.13. The van der Waals surface area contributed by atoms with Crippen LogP contribution in [0.25, 0.3) is 22.4 Å². The molecule has 0 radical (unpaired) electrons. The summed E-state index contributed by atoms with van der Waals surface area (Å²) in [4.78, 5) is 19.2. The lowest BCUT2D eigenvalue weighted by Crippen LogP contribution is -2.56.